The van der Waals surface area contributed by atoms with E-state index in [0.29, 0.717) is 12.3 Å². The lowest BCUT2D eigenvalue weighted by atomic mass is 9.89. The van der Waals surface area contributed by atoms with E-state index in [2.05, 4.69) is 10.1 Å². The first-order chi connectivity index (χ1) is 8.29. The van der Waals surface area contributed by atoms with Crippen LogP contribution in [0.1, 0.15) is 51.4 Å². The first kappa shape index (κ1) is 12.7. The van der Waals surface area contributed by atoms with Crippen molar-refractivity contribution >= 4 is 5.84 Å². The topological polar surface area (TPSA) is 61.8 Å². The molecule has 0 spiro atoms. The molecule has 4 heteroatoms. The number of rotatable bonds is 6. The van der Waals surface area contributed by atoms with Gasteiger partial charge >= 0.3 is 0 Å². The standard InChI is InChI=1S/C13H25N3O/c14-13(15-17)8-9-16(12-6-7-12)10-11-4-2-1-3-5-11/h11-12,17H,1-10H2,(H2,14,15). The Morgan fingerprint density at radius 1 is 1.18 bits per heavy atom. The first-order valence-corrected chi connectivity index (χ1v) is 7.00. The van der Waals surface area contributed by atoms with E-state index in [9.17, 15) is 0 Å². The number of amidine groups is 1. The van der Waals surface area contributed by atoms with Crippen molar-refractivity contribution in [3.05, 3.63) is 0 Å². The van der Waals surface area contributed by atoms with Gasteiger partial charge in [0.25, 0.3) is 0 Å². The van der Waals surface area contributed by atoms with Crippen LogP contribution in [0.15, 0.2) is 5.16 Å². The molecule has 0 aromatic rings. The zero-order valence-electron chi connectivity index (χ0n) is 10.6. The van der Waals surface area contributed by atoms with Crippen molar-refractivity contribution in [1.29, 1.82) is 0 Å². The molecule has 0 atom stereocenters. The van der Waals surface area contributed by atoms with Gasteiger partial charge in [-0.05, 0) is 31.6 Å². The molecule has 2 fully saturated rings. The summed E-state index contributed by atoms with van der Waals surface area (Å²) in [5.41, 5.74) is 5.55. The Balaban J connectivity index is 1.75. The Morgan fingerprint density at radius 3 is 2.47 bits per heavy atom. The van der Waals surface area contributed by atoms with Gasteiger partial charge in [0, 0.05) is 25.6 Å². The predicted octanol–water partition coefficient (Wildman–Crippen LogP) is 2.17. The van der Waals surface area contributed by atoms with E-state index < -0.39 is 0 Å². The summed E-state index contributed by atoms with van der Waals surface area (Å²) >= 11 is 0. The number of oxime groups is 1. The molecule has 0 aromatic carbocycles. The molecule has 0 aliphatic heterocycles. The van der Waals surface area contributed by atoms with Crippen LogP contribution >= 0.6 is 0 Å². The average Bonchev–Trinajstić information content (AvgIpc) is 3.19. The van der Waals surface area contributed by atoms with Gasteiger partial charge in [-0.1, -0.05) is 24.4 Å². The van der Waals surface area contributed by atoms with Gasteiger partial charge in [-0.15, -0.1) is 0 Å². The minimum Gasteiger partial charge on any atom is -0.409 e. The van der Waals surface area contributed by atoms with Gasteiger partial charge in [-0.25, -0.2) is 0 Å². The summed E-state index contributed by atoms with van der Waals surface area (Å²) in [6, 6.07) is 0.781. The Morgan fingerprint density at radius 2 is 1.88 bits per heavy atom. The zero-order valence-corrected chi connectivity index (χ0v) is 10.6. The van der Waals surface area contributed by atoms with Crippen LogP contribution in [0.4, 0.5) is 0 Å². The van der Waals surface area contributed by atoms with Gasteiger partial charge in [0.2, 0.25) is 0 Å². The van der Waals surface area contributed by atoms with Crippen LogP contribution in [0.2, 0.25) is 0 Å². The lowest BCUT2D eigenvalue weighted by Gasteiger charge is -2.29. The smallest absolute Gasteiger partial charge is 0.140 e. The van der Waals surface area contributed by atoms with Crippen LogP contribution < -0.4 is 5.73 Å². The van der Waals surface area contributed by atoms with E-state index in [-0.39, 0.29) is 0 Å². The predicted molar refractivity (Wildman–Crippen MR) is 69.2 cm³/mol. The minimum absolute atomic E-state index is 0.360. The number of hydrogen-bond donors (Lipinski definition) is 2. The number of nitrogens with zero attached hydrogens (tertiary/aromatic N) is 2. The Bertz CT molecular complexity index is 257. The maximum atomic E-state index is 8.57. The normalized spacial score (nSPS) is 23.2. The maximum Gasteiger partial charge on any atom is 0.140 e. The summed E-state index contributed by atoms with van der Waals surface area (Å²) in [6.07, 6.45) is 10.4. The van der Waals surface area contributed by atoms with Crippen molar-refractivity contribution in [1.82, 2.24) is 4.90 Å². The van der Waals surface area contributed by atoms with Gasteiger partial charge in [0.05, 0.1) is 0 Å². The summed E-state index contributed by atoms with van der Waals surface area (Å²) < 4.78 is 0. The van der Waals surface area contributed by atoms with Crippen molar-refractivity contribution in [2.24, 2.45) is 16.8 Å². The first-order valence-electron chi connectivity index (χ1n) is 7.00. The summed E-state index contributed by atoms with van der Waals surface area (Å²) in [6.45, 7) is 2.18. The Hall–Kier alpha value is -0.770. The molecule has 17 heavy (non-hydrogen) atoms. The van der Waals surface area contributed by atoms with Gasteiger partial charge in [0.1, 0.15) is 5.84 Å². The molecule has 0 aromatic heterocycles. The van der Waals surface area contributed by atoms with Gasteiger partial charge in [0.15, 0.2) is 0 Å². The molecule has 2 saturated carbocycles. The second kappa shape index (κ2) is 6.24. The Labute approximate surface area is 104 Å². The van der Waals surface area contributed by atoms with Crippen molar-refractivity contribution in [3.63, 3.8) is 0 Å². The molecule has 2 rings (SSSR count). The van der Waals surface area contributed by atoms with E-state index in [1.807, 2.05) is 0 Å². The number of nitrogens with two attached hydrogens (primary N) is 1. The van der Waals surface area contributed by atoms with E-state index in [4.69, 9.17) is 10.9 Å². The van der Waals surface area contributed by atoms with Crippen LogP contribution in [0.3, 0.4) is 0 Å². The second-order valence-electron chi connectivity index (χ2n) is 5.57. The van der Waals surface area contributed by atoms with Gasteiger partial charge in [-0.2, -0.15) is 0 Å². The molecule has 0 saturated heterocycles. The molecule has 0 amide bonds. The summed E-state index contributed by atoms with van der Waals surface area (Å²) in [5, 5.41) is 11.6. The molecule has 0 bridgehead atoms. The van der Waals surface area contributed by atoms with E-state index in [1.165, 1.54) is 51.5 Å². The molecular formula is C13H25N3O. The van der Waals surface area contributed by atoms with Crippen molar-refractivity contribution in [2.45, 2.75) is 57.4 Å². The number of hydrogen-bond acceptors (Lipinski definition) is 3. The second-order valence-corrected chi connectivity index (χ2v) is 5.57. The quantitative estimate of drug-likeness (QED) is 0.323. The third-order valence-corrected chi connectivity index (χ3v) is 4.06. The van der Waals surface area contributed by atoms with Gasteiger partial charge < -0.3 is 10.9 Å². The zero-order chi connectivity index (χ0) is 12.1. The van der Waals surface area contributed by atoms with Crippen LogP contribution in [-0.2, 0) is 0 Å². The lowest BCUT2D eigenvalue weighted by Crippen LogP contribution is -2.35. The highest BCUT2D eigenvalue weighted by Gasteiger charge is 2.30. The fourth-order valence-corrected chi connectivity index (χ4v) is 2.87. The molecule has 2 aliphatic rings. The lowest BCUT2D eigenvalue weighted by molar-refractivity contribution is 0.196. The molecule has 3 N–H and O–H groups in total. The largest absolute Gasteiger partial charge is 0.409 e. The SMILES string of the molecule is N/C(CCN(CC1CCCCC1)C1CC1)=N/O. The van der Waals surface area contributed by atoms with Crippen LogP contribution in [0, 0.1) is 5.92 Å². The van der Waals surface area contributed by atoms with E-state index in [1.54, 1.807) is 0 Å². The Kier molecular flexibility index (Phi) is 4.66. The summed E-state index contributed by atoms with van der Waals surface area (Å²) in [5.74, 6) is 1.25. The van der Waals surface area contributed by atoms with Crippen LogP contribution in [0.25, 0.3) is 0 Å². The fraction of sp³-hybridized carbons (Fsp3) is 0.923. The molecular weight excluding hydrogens is 214 g/mol. The highest BCUT2D eigenvalue weighted by Crippen LogP contribution is 2.31. The average molecular weight is 239 g/mol. The third-order valence-electron chi connectivity index (χ3n) is 4.06. The molecule has 98 valence electrons. The van der Waals surface area contributed by atoms with Crippen LogP contribution in [-0.4, -0.2) is 35.1 Å². The maximum absolute atomic E-state index is 8.57. The highest BCUT2D eigenvalue weighted by molar-refractivity contribution is 5.79. The van der Waals surface area contributed by atoms with Gasteiger partial charge in [-0.3, -0.25) is 4.90 Å². The molecule has 4 nitrogen and oxygen atoms in total. The van der Waals surface area contributed by atoms with Crippen LogP contribution in [0.5, 0.6) is 0 Å². The van der Waals surface area contributed by atoms with Crippen molar-refractivity contribution in [2.75, 3.05) is 13.1 Å². The van der Waals surface area contributed by atoms with Crippen molar-refractivity contribution < 1.29 is 5.21 Å². The minimum atomic E-state index is 0.360. The summed E-state index contributed by atoms with van der Waals surface area (Å²) in [7, 11) is 0. The van der Waals surface area contributed by atoms with E-state index in [0.717, 1.165) is 18.5 Å². The molecule has 0 radical (unpaired) electrons. The molecule has 0 unspecified atom stereocenters. The van der Waals surface area contributed by atoms with Crippen molar-refractivity contribution in [3.8, 4) is 0 Å². The van der Waals surface area contributed by atoms with E-state index >= 15 is 0 Å². The summed E-state index contributed by atoms with van der Waals surface area (Å²) in [4.78, 5) is 2.56. The molecule has 0 heterocycles. The monoisotopic (exact) mass is 239 g/mol. The third kappa shape index (κ3) is 4.19. The highest BCUT2D eigenvalue weighted by atomic mass is 16.4. The molecule has 2 aliphatic carbocycles. The fourth-order valence-electron chi connectivity index (χ4n) is 2.87.